The van der Waals surface area contributed by atoms with Crippen LogP contribution in [0.1, 0.15) is 24.5 Å². The molecule has 1 saturated heterocycles. The van der Waals surface area contributed by atoms with Crippen molar-refractivity contribution < 1.29 is 5.11 Å². The van der Waals surface area contributed by atoms with Gasteiger partial charge in [-0.05, 0) is 43.6 Å². The van der Waals surface area contributed by atoms with Crippen LogP contribution in [-0.2, 0) is 0 Å². The highest BCUT2D eigenvalue weighted by molar-refractivity contribution is 6.42. The molecule has 1 aliphatic heterocycles. The van der Waals surface area contributed by atoms with E-state index in [-0.39, 0.29) is 0 Å². The van der Waals surface area contributed by atoms with Crippen molar-refractivity contribution in [2.45, 2.75) is 25.0 Å². The fourth-order valence-corrected chi connectivity index (χ4v) is 2.51. The summed E-state index contributed by atoms with van der Waals surface area (Å²) in [5.41, 5.74) is 6.66. The number of hydrogen-bond acceptors (Lipinski definition) is 3. The Labute approximate surface area is 117 Å². The molecule has 1 aliphatic rings. The lowest BCUT2D eigenvalue weighted by atomic mass is 10.0. The number of halogens is 2. The van der Waals surface area contributed by atoms with Crippen molar-refractivity contribution in [1.82, 2.24) is 4.90 Å². The Kier molecular flexibility index (Phi) is 4.87. The first-order valence-electron chi connectivity index (χ1n) is 6.17. The topological polar surface area (TPSA) is 49.5 Å². The lowest BCUT2D eigenvalue weighted by molar-refractivity contribution is 0.0977. The Hall–Kier alpha value is -0.320. The number of nitrogens with two attached hydrogens (primary N) is 1. The van der Waals surface area contributed by atoms with Gasteiger partial charge in [-0.1, -0.05) is 29.3 Å². The van der Waals surface area contributed by atoms with Crippen LogP contribution in [0.3, 0.4) is 0 Å². The van der Waals surface area contributed by atoms with Crippen LogP contribution in [0, 0.1) is 0 Å². The molecule has 1 aromatic carbocycles. The van der Waals surface area contributed by atoms with Crippen LogP contribution >= 0.6 is 23.2 Å². The summed E-state index contributed by atoms with van der Waals surface area (Å²) in [6, 6.07) is 5.57. The zero-order chi connectivity index (χ0) is 13.1. The van der Waals surface area contributed by atoms with Gasteiger partial charge in [0.2, 0.25) is 0 Å². The first-order valence-corrected chi connectivity index (χ1v) is 6.93. The van der Waals surface area contributed by atoms with E-state index in [1.54, 1.807) is 12.1 Å². The van der Waals surface area contributed by atoms with Crippen LogP contribution in [0.15, 0.2) is 18.2 Å². The molecule has 3 nitrogen and oxygen atoms in total. The Morgan fingerprint density at radius 2 is 1.94 bits per heavy atom. The molecule has 1 aromatic rings. The van der Waals surface area contributed by atoms with Crippen LogP contribution in [0.25, 0.3) is 0 Å². The maximum absolute atomic E-state index is 10.2. The number of hydrogen-bond donors (Lipinski definition) is 2. The van der Waals surface area contributed by atoms with Gasteiger partial charge in [0.1, 0.15) is 0 Å². The maximum atomic E-state index is 10.2. The summed E-state index contributed by atoms with van der Waals surface area (Å²) in [7, 11) is 0. The van der Waals surface area contributed by atoms with E-state index in [9.17, 15) is 5.11 Å². The van der Waals surface area contributed by atoms with Crippen molar-refractivity contribution in [2.24, 2.45) is 5.73 Å². The Bertz CT molecular complexity index is 406. The molecule has 0 amide bonds. The van der Waals surface area contributed by atoms with Gasteiger partial charge in [-0.15, -0.1) is 0 Å². The molecule has 0 bridgehead atoms. The maximum Gasteiger partial charge on any atom is 0.0917 e. The summed E-state index contributed by atoms with van der Waals surface area (Å²) in [4.78, 5) is 2.23. The van der Waals surface area contributed by atoms with Gasteiger partial charge in [-0.2, -0.15) is 0 Å². The quantitative estimate of drug-likeness (QED) is 0.898. The van der Waals surface area contributed by atoms with E-state index in [2.05, 4.69) is 4.90 Å². The number of aliphatic hydroxyl groups excluding tert-OH is 1. The number of nitrogens with zero attached hydrogens (tertiary/aromatic N) is 1. The molecular weight excluding hydrogens is 271 g/mol. The van der Waals surface area contributed by atoms with E-state index in [0.29, 0.717) is 22.6 Å². The SMILES string of the molecule is NC1CCN(CC(O)c2ccc(Cl)c(Cl)c2)CC1. The number of aliphatic hydroxyl groups is 1. The number of likely N-dealkylation sites (tertiary alicyclic amines) is 1. The molecule has 0 aliphatic carbocycles. The monoisotopic (exact) mass is 288 g/mol. The van der Waals surface area contributed by atoms with Crippen molar-refractivity contribution in [3.63, 3.8) is 0 Å². The molecule has 1 atom stereocenters. The minimum absolute atomic E-state index is 0.309. The Morgan fingerprint density at radius 1 is 1.28 bits per heavy atom. The van der Waals surface area contributed by atoms with Gasteiger partial charge in [0.15, 0.2) is 0 Å². The molecule has 2 rings (SSSR count). The lowest BCUT2D eigenvalue weighted by Gasteiger charge is -2.31. The van der Waals surface area contributed by atoms with E-state index >= 15 is 0 Å². The molecule has 1 heterocycles. The lowest BCUT2D eigenvalue weighted by Crippen LogP contribution is -2.41. The molecule has 0 saturated carbocycles. The smallest absolute Gasteiger partial charge is 0.0917 e. The molecule has 0 aromatic heterocycles. The molecule has 0 radical (unpaired) electrons. The van der Waals surface area contributed by atoms with Crippen LogP contribution in [-0.4, -0.2) is 35.7 Å². The normalized spacial score (nSPS) is 20.0. The minimum Gasteiger partial charge on any atom is -0.387 e. The third kappa shape index (κ3) is 3.59. The van der Waals surface area contributed by atoms with Crippen molar-refractivity contribution in [3.8, 4) is 0 Å². The van der Waals surface area contributed by atoms with Crippen LogP contribution in [0.2, 0.25) is 10.0 Å². The van der Waals surface area contributed by atoms with Gasteiger partial charge in [0.05, 0.1) is 16.1 Å². The van der Waals surface area contributed by atoms with Crippen LogP contribution in [0.4, 0.5) is 0 Å². The molecule has 5 heteroatoms. The van der Waals surface area contributed by atoms with Crippen molar-refractivity contribution in [3.05, 3.63) is 33.8 Å². The Balaban J connectivity index is 1.94. The van der Waals surface area contributed by atoms with E-state index in [1.807, 2.05) is 6.07 Å². The summed E-state index contributed by atoms with van der Waals surface area (Å²) < 4.78 is 0. The zero-order valence-corrected chi connectivity index (χ0v) is 11.7. The fraction of sp³-hybridized carbons (Fsp3) is 0.538. The second-order valence-corrected chi connectivity index (χ2v) is 5.64. The predicted octanol–water partition coefficient (Wildman–Crippen LogP) is 2.45. The molecule has 3 N–H and O–H groups in total. The highest BCUT2D eigenvalue weighted by Crippen LogP contribution is 2.26. The van der Waals surface area contributed by atoms with Gasteiger partial charge < -0.3 is 15.7 Å². The average molecular weight is 289 g/mol. The number of benzene rings is 1. The molecule has 0 spiro atoms. The predicted molar refractivity (Wildman–Crippen MR) is 75.1 cm³/mol. The second kappa shape index (κ2) is 6.22. The first kappa shape index (κ1) is 14.1. The van der Waals surface area contributed by atoms with E-state index in [4.69, 9.17) is 28.9 Å². The summed E-state index contributed by atoms with van der Waals surface area (Å²) in [5, 5.41) is 11.2. The molecule has 1 unspecified atom stereocenters. The summed E-state index contributed by atoms with van der Waals surface area (Å²) in [5.74, 6) is 0. The standard InChI is InChI=1S/C13H18Cl2N2O/c14-11-2-1-9(7-12(11)15)13(18)8-17-5-3-10(16)4-6-17/h1-2,7,10,13,18H,3-6,8,16H2. The molecule has 100 valence electrons. The fourth-order valence-electron chi connectivity index (χ4n) is 2.21. The van der Waals surface area contributed by atoms with E-state index in [0.717, 1.165) is 31.5 Å². The van der Waals surface area contributed by atoms with Gasteiger partial charge in [0, 0.05) is 12.6 Å². The number of rotatable bonds is 3. The van der Waals surface area contributed by atoms with Crippen LogP contribution < -0.4 is 5.73 Å². The minimum atomic E-state index is -0.533. The van der Waals surface area contributed by atoms with Crippen LogP contribution in [0.5, 0.6) is 0 Å². The third-order valence-electron chi connectivity index (χ3n) is 3.39. The highest BCUT2D eigenvalue weighted by Gasteiger charge is 2.19. The van der Waals surface area contributed by atoms with Crippen molar-refractivity contribution in [2.75, 3.05) is 19.6 Å². The van der Waals surface area contributed by atoms with Gasteiger partial charge >= 0.3 is 0 Å². The van der Waals surface area contributed by atoms with Gasteiger partial charge in [-0.3, -0.25) is 0 Å². The second-order valence-electron chi connectivity index (χ2n) is 4.83. The number of piperidine rings is 1. The van der Waals surface area contributed by atoms with Crippen molar-refractivity contribution >= 4 is 23.2 Å². The Morgan fingerprint density at radius 3 is 2.56 bits per heavy atom. The summed E-state index contributed by atoms with van der Waals surface area (Å²) >= 11 is 11.8. The summed E-state index contributed by atoms with van der Waals surface area (Å²) in [6.45, 7) is 2.50. The first-order chi connectivity index (χ1) is 8.56. The largest absolute Gasteiger partial charge is 0.387 e. The van der Waals surface area contributed by atoms with Gasteiger partial charge in [-0.25, -0.2) is 0 Å². The average Bonchev–Trinajstić information content (AvgIpc) is 2.35. The number of β-amino-alcohol motifs (C(OH)–C–C–N with tert-alkyl or cyclic N) is 1. The van der Waals surface area contributed by atoms with E-state index in [1.165, 1.54) is 0 Å². The molecular formula is C13H18Cl2N2O. The third-order valence-corrected chi connectivity index (χ3v) is 4.13. The van der Waals surface area contributed by atoms with Crippen molar-refractivity contribution in [1.29, 1.82) is 0 Å². The zero-order valence-electron chi connectivity index (χ0n) is 10.1. The molecule has 1 fully saturated rings. The summed E-state index contributed by atoms with van der Waals surface area (Å²) in [6.07, 6.45) is 1.46. The van der Waals surface area contributed by atoms with E-state index < -0.39 is 6.10 Å². The molecule has 18 heavy (non-hydrogen) atoms. The van der Waals surface area contributed by atoms with Gasteiger partial charge in [0.25, 0.3) is 0 Å². The highest BCUT2D eigenvalue weighted by atomic mass is 35.5.